The van der Waals surface area contributed by atoms with Crippen molar-refractivity contribution in [3.8, 4) is 0 Å². The van der Waals surface area contributed by atoms with E-state index in [-0.39, 0.29) is 48.7 Å². The van der Waals surface area contributed by atoms with Gasteiger partial charge in [-0.2, -0.15) is 5.69 Å². The van der Waals surface area contributed by atoms with Gasteiger partial charge in [-0.25, -0.2) is 0 Å². The zero-order valence-corrected chi connectivity index (χ0v) is 26.7. The van der Waals surface area contributed by atoms with Gasteiger partial charge < -0.3 is 35.2 Å². The molecule has 6 heterocycles. The Morgan fingerprint density at radius 1 is 1.05 bits per heavy atom. The first-order valence-corrected chi connectivity index (χ1v) is 14.8. The van der Waals surface area contributed by atoms with Crippen molar-refractivity contribution < 1.29 is 41.6 Å². The predicted molar refractivity (Wildman–Crippen MR) is 163 cm³/mol. The largest absolute Gasteiger partial charge is 4.00 e. The summed E-state index contributed by atoms with van der Waals surface area (Å²) < 4.78 is 5.95. The first kappa shape index (κ1) is 31.7. The summed E-state index contributed by atoms with van der Waals surface area (Å²) in [7, 11) is 0. The Kier molecular flexibility index (Phi) is 8.16. The topological polar surface area (TPSA) is 140 Å². The quantitative estimate of drug-likeness (QED) is 0.322. The van der Waals surface area contributed by atoms with Crippen LogP contribution in [-0.2, 0) is 50.7 Å². The van der Waals surface area contributed by atoms with E-state index in [1.165, 1.54) is 0 Å². The number of carboxylic acids is 1. The third kappa shape index (κ3) is 4.80. The van der Waals surface area contributed by atoms with Gasteiger partial charge in [0.25, 0.3) is 0 Å². The summed E-state index contributed by atoms with van der Waals surface area (Å²) in [5.41, 5.74) is 6.09. The minimum atomic E-state index is -1.51. The van der Waals surface area contributed by atoms with E-state index in [1.807, 2.05) is 26.0 Å². The number of fused-ring (bicyclic) bond motifs is 9. The fourth-order valence-corrected chi connectivity index (χ4v) is 7.00. The van der Waals surface area contributed by atoms with Gasteiger partial charge in [-0.1, -0.05) is 78.1 Å². The van der Waals surface area contributed by atoms with Crippen LogP contribution < -0.4 is 25.7 Å². The van der Waals surface area contributed by atoms with Crippen LogP contribution in [0.2, 0.25) is 0 Å². The number of aliphatic hydroxyl groups is 1. The van der Waals surface area contributed by atoms with Gasteiger partial charge >= 0.3 is 29.0 Å². The Balaban J connectivity index is 0.00000384. The molecule has 0 aliphatic carbocycles. The fourth-order valence-electron chi connectivity index (χ4n) is 7.00. The number of nitrogens with zero attached hydrogens (tertiary/aromatic N) is 4. The van der Waals surface area contributed by atoms with Crippen molar-refractivity contribution in [1.82, 2.24) is 15.0 Å². The molecule has 1 unspecified atom stereocenters. The standard InChI is InChI=1S/C34H36N4O5.Fe/c1-7-20-17(3)23-13-24-19(5)22(9-10-31(39)40)28(37-24)16-30-34(12-11-32(41)43-34)33(6,42)29(38-30)15-27-21(8-2)18(4)25(36-27)14-26(20)35-23;/h7,13-14,16,29,42H,1,8-12,15H2,2-6H3,(H,39,40);/q-4;+4/b23-13-,26-14-,30-16-;/t29?,33-,34+;/m0./s1. The Labute approximate surface area is 267 Å². The maximum Gasteiger partial charge on any atom is 4.00 e. The number of aliphatic carboxylic acids is 1. The summed E-state index contributed by atoms with van der Waals surface area (Å²) in [6.45, 7) is 13.8. The maximum atomic E-state index is 12.6. The van der Waals surface area contributed by atoms with Crippen LogP contribution in [0.15, 0.2) is 12.3 Å². The van der Waals surface area contributed by atoms with Crippen molar-refractivity contribution in [3.05, 3.63) is 84.4 Å². The van der Waals surface area contributed by atoms with Crippen molar-refractivity contribution in [1.29, 1.82) is 0 Å². The van der Waals surface area contributed by atoms with Crippen LogP contribution in [0, 0.1) is 20.8 Å². The van der Waals surface area contributed by atoms with Gasteiger partial charge in [-0.15, -0.1) is 33.5 Å². The number of carbonyl (C=O) groups is 2. The van der Waals surface area contributed by atoms with E-state index in [0.717, 1.165) is 61.9 Å². The number of rotatable bonds is 5. The zero-order valence-electron chi connectivity index (χ0n) is 25.6. The molecule has 1 spiro atoms. The van der Waals surface area contributed by atoms with Crippen LogP contribution in [-0.4, -0.2) is 39.4 Å². The maximum absolute atomic E-state index is 12.6. The van der Waals surface area contributed by atoms with Crippen LogP contribution in [0.1, 0.15) is 89.3 Å². The third-order valence-electron chi connectivity index (χ3n) is 9.63. The molecular weight excluding hydrogens is 600 g/mol. The van der Waals surface area contributed by atoms with Crippen LogP contribution >= 0.6 is 0 Å². The number of ether oxygens (including phenoxy) is 1. The predicted octanol–water partition coefficient (Wildman–Crippen LogP) is 2.84. The molecule has 3 aromatic heterocycles. The van der Waals surface area contributed by atoms with E-state index in [1.54, 1.807) is 19.1 Å². The summed E-state index contributed by atoms with van der Waals surface area (Å²) in [5.74, 6) is -1.30. The van der Waals surface area contributed by atoms with Gasteiger partial charge in [-0.05, 0) is 46.1 Å². The molecule has 8 bridgehead atoms. The van der Waals surface area contributed by atoms with Crippen molar-refractivity contribution in [2.75, 3.05) is 0 Å². The fraction of sp³-hybridized carbons (Fsp3) is 0.412. The molecule has 0 radical (unpaired) electrons. The minimum absolute atomic E-state index is 0. The molecule has 6 rings (SSSR count). The first-order chi connectivity index (χ1) is 20.4. The van der Waals surface area contributed by atoms with Gasteiger partial charge in [0, 0.05) is 19.3 Å². The molecule has 2 fully saturated rings. The van der Waals surface area contributed by atoms with E-state index < -0.39 is 23.2 Å². The van der Waals surface area contributed by atoms with Crippen molar-refractivity contribution >= 4 is 36.2 Å². The Morgan fingerprint density at radius 2 is 1.73 bits per heavy atom. The second-order valence-electron chi connectivity index (χ2n) is 12.0. The molecule has 10 heteroatoms. The number of esters is 1. The summed E-state index contributed by atoms with van der Waals surface area (Å²) >= 11 is 0. The van der Waals surface area contributed by atoms with Gasteiger partial charge in [0.05, 0.1) is 5.60 Å². The normalized spacial score (nSPS) is 26.5. The summed E-state index contributed by atoms with van der Waals surface area (Å²) in [6.07, 6.45) is 9.22. The average molecular weight is 637 g/mol. The molecule has 0 saturated carbocycles. The Morgan fingerprint density at radius 3 is 2.36 bits per heavy atom. The second-order valence-corrected chi connectivity index (χ2v) is 12.0. The molecule has 44 heavy (non-hydrogen) atoms. The zero-order chi connectivity index (χ0) is 30.8. The molecule has 3 aliphatic rings. The number of hydrogen-bond acceptors (Lipinski definition) is 4. The molecule has 2 N–H and O–H groups in total. The van der Waals surface area contributed by atoms with Gasteiger partial charge in [0.2, 0.25) is 0 Å². The van der Waals surface area contributed by atoms with Crippen molar-refractivity contribution in [2.24, 2.45) is 0 Å². The van der Waals surface area contributed by atoms with E-state index in [9.17, 15) is 19.8 Å². The number of aromatic nitrogens is 3. The van der Waals surface area contributed by atoms with Crippen LogP contribution in [0.25, 0.3) is 29.6 Å². The van der Waals surface area contributed by atoms with Crippen LogP contribution in [0.5, 0.6) is 0 Å². The second kappa shape index (κ2) is 11.3. The van der Waals surface area contributed by atoms with E-state index >= 15 is 0 Å². The molecular formula is C34H36FeN4O5. The smallest absolute Gasteiger partial charge is 0.679 e. The Bertz CT molecular complexity index is 1840. The molecule has 230 valence electrons. The SMILES string of the molecule is C=Cc1c(C)/c2[n-]/c1=C\c1[n-]c(c(CC)c1C)CC1[N-]/C(=C\c3[n-]c(c(C)c3CCC(=O)O)\C=2)[C@]2(CCC(=O)O2)[C@@]1(C)O.[Fe+4]. The average Bonchev–Trinajstić information content (AvgIpc) is 3.69. The van der Waals surface area contributed by atoms with Gasteiger partial charge in [0.15, 0.2) is 0 Å². The monoisotopic (exact) mass is 636 g/mol. The van der Waals surface area contributed by atoms with E-state index in [0.29, 0.717) is 23.5 Å². The number of hydrogen-bond donors (Lipinski definition) is 2. The van der Waals surface area contributed by atoms with Crippen molar-refractivity contribution in [3.63, 3.8) is 0 Å². The number of carbonyl (C=O) groups excluding carboxylic acids is 1. The summed E-state index contributed by atoms with van der Waals surface area (Å²) in [4.78, 5) is 39.1. The minimum Gasteiger partial charge on any atom is -0.679 e. The van der Waals surface area contributed by atoms with Gasteiger partial charge in [-0.3, -0.25) is 9.59 Å². The Hall–Kier alpha value is -3.72. The molecule has 0 amide bonds. The summed E-state index contributed by atoms with van der Waals surface area (Å²) in [5, 5.41) is 28.1. The molecule has 2 saturated heterocycles. The third-order valence-corrected chi connectivity index (χ3v) is 9.63. The van der Waals surface area contributed by atoms with Crippen LogP contribution in [0.3, 0.4) is 0 Å². The molecule has 9 nitrogen and oxygen atoms in total. The molecule has 0 aromatic carbocycles. The number of carboxylic acid groups (broad SMARTS) is 1. The van der Waals surface area contributed by atoms with Crippen molar-refractivity contribution in [2.45, 2.75) is 90.4 Å². The molecule has 3 atom stereocenters. The molecule has 3 aliphatic heterocycles. The first-order valence-electron chi connectivity index (χ1n) is 14.8. The summed E-state index contributed by atoms with van der Waals surface area (Å²) in [6, 6.07) is -0.635. The van der Waals surface area contributed by atoms with Gasteiger partial charge in [0.1, 0.15) is 5.60 Å². The molecule has 3 aromatic rings. The van der Waals surface area contributed by atoms with Crippen LogP contribution in [0.4, 0.5) is 0 Å². The van der Waals surface area contributed by atoms with E-state index in [2.05, 4.69) is 20.4 Å². The van der Waals surface area contributed by atoms with E-state index in [4.69, 9.17) is 25.0 Å².